The summed E-state index contributed by atoms with van der Waals surface area (Å²) in [6.45, 7) is 4.57. The van der Waals surface area contributed by atoms with Gasteiger partial charge in [0, 0.05) is 19.2 Å². The first-order valence-corrected chi connectivity index (χ1v) is 10.4. The minimum Gasteiger partial charge on any atom is -0.480 e. The standard InChI is InChI=1S/C16H26Cl3N3O7S/c1-8(24)20-5-11(17)16(18,19)21-9(7-30)12(25)22(10(6-23)13(26)27)14(28)29-15(2,3)4/h9-11,21,23,30H,5-7H2,1-4H3,(H,20,24)(H,26,27). The van der Waals surface area contributed by atoms with Crippen LogP contribution in [-0.2, 0) is 19.1 Å². The Morgan fingerprint density at radius 2 is 1.73 bits per heavy atom. The Hall–Kier alpha value is -0.980. The fourth-order valence-electron chi connectivity index (χ4n) is 1.99. The van der Waals surface area contributed by atoms with Gasteiger partial charge in [0.1, 0.15) is 5.60 Å². The molecule has 0 rings (SSSR count). The number of hydrogen-bond donors (Lipinski definition) is 5. The van der Waals surface area contributed by atoms with Gasteiger partial charge in [-0.05, 0) is 20.8 Å². The number of nitrogens with one attached hydrogen (secondary N) is 2. The van der Waals surface area contributed by atoms with E-state index in [0.717, 1.165) is 0 Å². The van der Waals surface area contributed by atoms with E-state index in [4.69, 9.17) is 39.5 Å². The van der Waals surface area contributed by atoms with Crippen molar-refractivity contribution in [3.8, 4) is 0 Å². The van der Waals surface area contributed by atoms with Crippen molar-refractivity contribution in [1.82, 2.24) is 15.5 Å². The molecule has 0 radical (unpaired) electrons. The average molecular weight is 511 g/mol. The second kappa shape index (κ2) is 12.2. The van der Waals surface area contributed by atoms with Gasteiger partial charge >= 0.3 is 12.1 Å². The van der Waals surface area contributed by atoms with Crippen LogP contribution in [0.1, 0.15) is 27.7 Å². The summed E-state index contributed by atoms with van der Waals surface area (Å²) < 4.78 is 3.11. The second-order valence-electron chi connectivity index (χ2n) is 7.13. The van der Waals surface area contributed by atoms with Gasteiger partial charge in [0.05, 0.1) is 18.0 Å². The van der Waals surface area contributed by atoms with Crippen LogP contribution >= 0.6 is 47.4 Å². The first-order chi connectivity index (χ1) is 13.6. The average Bonchev–Trinajstić information content (AvgIpc) is 2.59. The quantitative estimate of drug-likeness (QED) is 0.166. The van der Waals surface area contributed by atoms with Crippen LogP contribution in [-0.4, -0.2) is 85.4 Å². The number of nitrogens with zero attached hydrogens (tertiary/aromatic N) is 1. The third-order valence-corrected chi connectivity index (χ3v) is 5.18. The minimum atomic E-state index is -1.98. The Bertz CT molecular complexity index is 646. The summed E-state index contributed by atoms with van der Waals surface area (Å²) >= 11 is 22.4. The molecule has 0 aromatic heterocycles. The summed E-state index contributed by atoms with van der Waals surface area (Å²) in [5.41, 5.74) is -1.06. The number of alkyl halides is 3. The summed E-state index contributed by atoms with van der Waals surface area (Å²) in [4.78, 5) is 48.3. The lowest BCUT2D eigenvalue weighted by molar-refractivity contribution is -0.151. The van der Waals surface area contributed by atoms with Crippen LogP contribution < -0.4 is 10.6 Å². The number of carboxylic acids is 1. The maximum absolute atomic E-state index is 13.0. The Balaban J connectivity index is 5.77. The summed E-state index contributed by atoms with van der Waals surface area (Å²) in [5, 5.41) is 22.5. The number of aliphatic hydroxyl groups is 1. The molecule has 4 N–H and O–H groups in total. The van der Waals surface area contributed by atoms with Crippen molar-refractivity contribution in [3.05, 3.63) is 0 Å². The number of amides is 3. The lowest BCUT2D eigenvalue weighted by Gasteiger charge is -2.34. The smallest absolute Gasteiger partial charge is 0.417 e. The first-order valence-electron chi connectivity index (χ1n) is 8.62. The molecular weight excluding hydrogens is 485 g/mol. The highest BCUT2D eigenvalue weighted by Crippen LogP contribution is 2.27. The van der Waals surface area contributed by atoms with Gasteiger partial charge in [-0.3, -0.25) is 14.9 Å². The van der Waals surface area contributed by atoms with Gasteiger partial charge in [-0.1, -0.05) is 23.2 Å². The summed E-state index contributed by atoms with van der Waals surface area (Å²) in [6, 6.07) is -3.33. The Morgan fingerprint density at radius 1 is 1.20 bits per heavy atom. The SMILES string of the molecule is CC(=O)NCC(Cl)C(Cl)(Cl)NC(CS)C(=O)N(C(=O)OC(C)(C)C)C(CO)C(=O)O. The molecule has 174 valence electrons. The number of rotatable bonds is 10. The van der Waals surface area contributed by atoms with Gasteiger partial charge in [0.2, 0.25) is 5.91 Å². The molecule has 3 amide bonds. The van der Waals surface area contributed by atoms with Crippen molar-refractivity contribution in [2.75, 3.05) is 18.9 Å². The molecule has 14 heteroatoms. The van der Waals surface area contributed by atoms with Crippen LogP contribution in [0.15, 0.2) is 0 Å². The van der Waals surface area contributed by atoms with E-state index in [2.05, 4.69) is 23.3 Å². The van der Waals surface area contributed by atoms with Crippen LogP contribution in [0, 0.1) is 0 Å². The number of imide groups is 1. The lowest BCUT2D eigenvalue weighted by atomic mass is 10.2. The number of aliphatic carboxylic acids is 1. The highest BCUT2D eigenvalue weighted by Gasteiger charge is 2.43. The highest BCUT2D eigenvalue weighted by atomic mass is 35.5. The van der Waals surface area contributed by atoms with E-state index < -0.39 is 58.0 Å². The van der Waals surface area contributed by atoms with Gasteiger partial charge in [-0.2, -0.15) is 12.6 Å². The van der Waals surface area contributed by atoms with Crippen LogP contribution in [0.2, 0.25) is 0 Å². The second-order valence-corrected chi connectivity index (χ2v) is 9.41. The third-order valence-electron chi connectivity index (χ3n) is 3.37. The molecule has 10 nitrogen and oxygen atoms in total. The van der Waals surface area contributed by atoms with E-state index >= 15 is 0 Å². The van der Waals surface area contributed by atoms with Crippen LogP contribution in [0.4, 0.5) is 4.79 Å². The van der Waals surface area contributed by atoms with Gasteiger partial charge in [-0.25, -0.2) is 14.5 Å². The zero-order valence-electron chi connectivity index (χ0n) is 16.8. The van der Waals surface area contributed by atoms with Crippen LogP contribution in [0.25, 0.3) is 0 Å². The van der Waals surface area contributed by atoms with Crippen molar-refractivity contribution in [2.45, 2.75) is 55.2 Å². The Labute approximate surface area is 194 Å². The van der Waals surface area contributed by atoms with Crippen molar-refractivity contribution in [3.63, 3.8) is 0 Å². The number of thiol groups is 1. The van der Waals surface area contributed by atoms with E-state index in [0.29, 0.717) is 0 Å². The zero-order chi connectivity index (χ0) is 23.9. The fraction of sp³-hybridized carbons (Fsp3) is 0.750. The minimum absolute atomic E-state index is 0.158. The lowest BCUT2D eigenvalue weighted by Crippen LogP contribution is -2.61. The number of carbonyl (C=O) groups is 4. The summed E-state index contributed by atoms with van der Waals surface area (Å²) in [5.74, 6) is -3.43. The van der Waals surface area contributed by atoms with E-state index in [1.807, 2.05) is 0 Å². The molecule has 0 saturated heterocycles. The third kappa shape index (κ3) is 9.44. The van der Waals surface area contributed by atoms with Gasteiger partial charge < -0.3 is 20.3 Å². The van der Waals surface area contributed by atoms with Gasteiger partial charge in [0.25, 0.3) is 5.91 Å². The molecular formula is C16H26Cl3N3O7S. The monoisotopic (exact) mass is 509 g/mol. The molecule has 30 heavy (non-hydrogen) atoms. The number of carbonyl (C=O) groups excluding carboxylic acids is 3. The number of aliphatic hydroxyl groups excluding tert-OH is 1. The number of ether oxygens (including phenoxy) is 1. The molecule has 3 unspecified atom stereocenters. The van der Waals surface area contributed by atoms with Crippen molar-refractivity contribution >= 4 is 71.3 Å². The molecule has 0 fully saturated rings. The molecule has 0 saturated carbocycles. The van der Waals surface area contributed by atoms with Crippen LogP contribution in [0.3, 0.4) is 0 Å². The topological polar surface area (TPSA) is 145 Å². The van der Waals surface area contributed by atoms with Gasteiger partial charge in [0.15, 0.2) is 10.5 Å². The number of hydrogen-bond acceptors (Lipinski definition) is 8. The molecule has 0 spiro atoms. The summed E-state index contributed by atoms with van der Waals surface area (Å²) in [7, 11) is 0. The Kier molecular flexibility index (Phi) is 11.8. The predicted octanol–water partition coefficient (Wildman–Crippen LogP) is 0.958. The molecule has 0 aliphatic carbocycles. The maximum atomic E-state index is 13.0. The zero-order valence-corrected chi connectivity index (χ0v) is 20.0. The van der Waals surface area contributed by atoms with E-state index in [1.54, 1.807) is 0 Å². The molecule has 3 atom stereocenters. The van der Waals surface area contributed by atoms with E-state index in [9.17, 15) is 29.4 Å². The van der Waals surface area contributed by atoms with Crippen molar-refractivity contribution in [2.24, 2.45) is 0 Å². The van der Waals surface area contributed by atoms with Gasteiger partial charge in [-0.15, -0.1) is 11.6 Å². The first kappa shape index (κ1) is 29.0. The molecule has 0 aliphatic heterocycles. The molecule has 0 aromatic rings. The molecule has 0 aliphatic rings. The number of carboxylic acid groups (broad SMARTS) is 1. The van der Waals surface area contributed by atoms with Crippen molar-refractivity contribution < 1.29 is 34.1 Å². The molecule has 0 heterocycles. The largest absolute Gasteiger partial charge is 0.480 e. The normalized spacial score (nSPS) is 15.0. The Morgan fingerprint density at radius 3 is 2.10 bits per heavy atom. The van der Waals surface area contributed by atoms with E-state index in [1.165, 1.54) is 27.7 Å². The maximum Gasteiger partial charge on any atom is 0.417 e. The summed E-state index contributed by atoms with van der Waals surface area (Å²) in [6.07, 6.45) is -1.29. The fourth-order valence-corrected chi connectivity index (χ4v) is 2.80. The van der Waals surface area contributed by atoms with Crippen LogP contribution in [0.5, 0.6) is 0 Å². The molecule has 0 aromatic carbocycles. The highest BCUT2D eigenvalue weighted by molar-refractivity contribution is 7.80. The van der Waals surface area contributed by atoms with E-state index in [-0.39, 0.29) is 17.2 Å². The molecule has 0 bridgehead atoms. The number of halogens is 3. The predicted molar refractivity (Wildman–Crippen MR) is 115 cm³/mol. The van der Waals surface area contributed by atoms with Crippen molar-refractivity contribution in [1.29, 1.82) is 0 Å².